The lowest BCUT2D eigenvalue weighted by Gasteiger charge is -2.31. The summed E-state index contributed by atoms with van der Waals surface area (Å²) in [7, 11) is 1.50. The molecule has 1 aliphatic heterocycles. The van der Waals surface area contributed by atoms with E-state index in [0.717, 1.165) is 13.1 Å². The highest BCUT2D eigenvalue weighted by Crippen LogP contribution is 2.24. The molecule has 1 aromatic carbocycles. The highest BCUT2D eigenvalue weighted by atomic mass is 16.5. The van der Waals surface area contributed by atoms with Crippen molar-refractivity contribution in [2.24, 2.45) is 0 Å². The number of ether oxygens (including phenoxy) is 1. The third kappa shape index (κ3) is 3.13. The predicted octanol–water partition coefficient (Wildman–Crippen LogP) is -0.865. The van der Waals surface area contributed by atoms with Gasteiger partial charge in [0.1, 0.15) is 12.1 Å². The number of methoxy groups -OCH3 is 1. The summed E-state index contributed by atoms with van der Waals surface area (Å²) in [6.07, 6.45) is 0. The number of amides is 1. The summed E-state index contributed by atoms with van der Waals surface area (Å²) in [6.45, 7) is 3.46. The van der Waals surface area contributed by atoms with Gasteiger partial charge in [0, 0.05) is 5.39 Å². The van der Waals surface area contributed by atoms with Crippen molar-refractivity contribution in [2.45, 2.75) is 0 Å². The molecule has 0 atom stereocenters. The molecule has 0 spiro atoms. The van der Waals surface area contributed by atoms with Gasteiger partial charge in [0.2, 0.25) is 0 Å². The summed E-state index contributed by atoms with van der Waals surface area (Å²) < 4.78 is 10.5. The normalized spacial score (nSPS) is 15.7. The molecule has 7 nitrogen and oxygen atoms in total. The first-order valence-corrected chi connectivity index (χ1v) is 7.98. The largest absolute Gasteiger partial charge is 0.493 e. The molecule has 1 amide bonds. The molecule has 2 aromatic rings. The molecule has 0 unspecified atom stereocenters. The standard InChI is InChI=1S/C17H20N2O5/c1-23-14-4-2-3-12-11-13(17(22)24-15(12)14)16(21)19-7-5-18(6-8-19)9-10-20/h2-4,11,20H,5-10H2,1H3/p+1. The maximum Gasteiger partial charge on any atom is 0.349 e. The Morgan fingerprint density at radius 1 is 1.38 bits per heavy atom. The lowest BCUT2D eigenvalue weighted by molar-refractivity contribution is -0.904. The fourth-order valence-corrected chi connectivity index (χ4v) is 3.03. The Hall–Kier alpha value is -2.38. The van der Waals surface area contributed by atoms with Gasteiger partial charge in [-0.1, -0.05) is 12.1 Å². The summed E-state index contributed by atoms with van der Waals surface area (Å²) in [5.41, 5.74) is -0.262. The van der Waals surface area contributed by atoms with Crippen molar-refractivity contribution in [3.8, 4) is 5.75 Å². The molecule has 1 aliphatic rings. The number of aliphatic hydroxyl groups is 1. The molecule has 128 valence electrons. The van der Waals surface area contributed by atoms with Crippen molar-refractivity contribution in [3.63, 3.8) is 0 Å². The van der Waals surface area contributed by atoms with E-state index in [2.05, 4.69) is 0 Å². The molecule has 1 fully saturated rings. The lowest BCUT2D eigenvalue weighted by atomic mass is 10.1. The molecule has 0 bridgehead atoms. The van der Waals surface area contributed by atoms with E-state index in [1.807, 2.05) is 0 Å². The number of piperazine rings is 1. The van der Waals surface area contributed by atoms with Gasteiger partial charge in [-0.2, -0.15) is 0 Å². The molecule has 24 heavy (non-hydrogen) atoms. The fourth-order valence-electron chi connectivity index (χ4n) is 3.03. The third-order valence-corrected chi connectivity index (χ3v) is 4.40. The number of nitrogens with zero attached hydrogens (tertiary/aromatic N) is 1. The van der Waals surface area contributed by atoms with E-state index in [-0.39, 0.29) is 18.1 Å². The highest BCUT2D eigenvalue weighted by molar-refractivity contribution is 5.97. The number of carbonyl (C=O) groups excluding carboxylic acids is 1. The Morgan fingerprint density at radius 3 is 2.79 bits per heavy atom. The quantitative estimate of drug-likeness (QED) is 0.711. The van der Waals surface area contributed by atoms with E-state index in [1.54, 1.807) is 29.2 Å². The number of quaternary nitrogens is 1. The Bertz CT molecular complexity index is 793. The van der Waals surface area contributed by atoms with Crippen LogP contribution in [0.5, 0.6) is 5.75 Å². The first-order chi connectivity index (χ1) is 11.6. The molecule has 2 N–H and O–H groups in total. The number of rotatable bonds is 4. The molecule has 2 heterocycles. The zero-order valence-corrected chi connectivity index (χ0v) is 13.6. The zero-order valence-electron chi connectivity index (χ0n) is 13.6. The molecule has 1 saturated heterocycles. The minimum atomic E-state index is -0.651. The van der Waals surface area contributed by atoms with E-state index in [4.69, 9.17) is 14.3 Å². The van der Waals surface area contributed by atoms with Crippen molar-refractivity contribution >= 4 is 16.9 Å². The first kappa shape index (κ1) is 16.5. The van der Waals surface area contributed by atoms with Crippen molar-refractivity contribution in [2.75, 3.05) is 46.4 Å². The second kappa shape index (κ2) is 7.02. The van der Waals surface area contributed by atoms with Crippen LogP contribution < -0.4 is 15.3 Å². The van der Waals surface area contributed by atoms with Gasteiger partial charge in [0.15, 0.2) is 11.3 Å². The van der Waals surface area contributed by atoms with Crippen molar-refractivity contribution in [1.82, 2.24) is 4.90 Å². The molecule has 3 rings (SSSR count). The number of nitrogens with one attached hydrogen (secondary N) is 1. The smallest absolute Gasteiger partial charge is 0.349 e. The van der Waals surface area contributed by atoms with Gasteiger partial charge in [0.25, 0.3) is 5.91 Å². The lowest BCUT2D eigenvalue weighted by Crippen LogP contribution is -3.15. The van der Waals surface area contributed by atoms with Crippen molar-refractivity contribution in [3.05, 3.63) is 40.2 Å². The fraction of sp³-hybridized carbons (Fsp3) is 0.412. The number of fused-ring (bicyclic) bond motifs is 1. The van der Waals surface area contributed by atoms with E-state index in [0.29, 0.717) is 36.4 Å². The van der Waals surface area contributed by atoms with E-state index in [1.165, 1.54) is 12.0 Å². The SMILES string of the molecule is COc1cccc2cc(C(=O)N3CC[NH+](CCO)CC3)c(=O)oc12. The van der Waals surface area contributed by atoms with Gasteiger partial charge >= 0.3 is 5.63 Å². The zero-order chi connectivity index (χ0) is 17.1. The van der Waals surface area contributed by atoms with Crippen LogP contribution in [0.3, 0.4) is 0 Å². The van der Waals surface area contributed by atoms with E-state index < -0.39 is 5.63 Å². The topological polar surface area (TPSA) is 84.4 Å². The maximum absolute atomic E-state index is 12.7. The molecular formula is C17H21N2O5+. The van der Waals surface area contributed by atoms with E-state index in [9.17, 15) is 9.59 Å². The average molecular weight is 333 g/mol. The number of hydrogen-bond donors (Lipinski definition) is 2. The van der Waals surface area contributed by atoms with Crippen LogP contribution in [-0.2, 0) is 0 Å². The second-order valence-corrected chi connectivity index (χ2v) is 5.84. The Labute approximate surface area is 139 Å². The molecule has 7 heteroatoms. The average Bonchev–Trinajstić information content (AvgIpc) is 2.61. The predicted molar refractivity (Wildman–Crippen MR) is 87.6 cm³/mol. The molecule has 0 radical (unpaired) electrons. The minimum Gasteiger partial charge on any atom is -0.493 e. The summed E-state index contributed by atoms with van der Waals surface area (Å²) >= 11 is 0. The summed E-state index contributed by atoms with van der Waals surface area (Å²) in [4.78, 5) is 27.8. The Kier molecular flexibility index (Phi) is 4.82. The van der Waals surface area contributed by atoms with Gasteiger partial charge < -0.3 is 24.1 Å². The third-order valence-electron chi connectivity index (χ3n) is 4.40. The van der Waals surface area contributed by atoms with Crippen molar-refractivity contribution < 1.29 is 24.0 Å². The van der Waals surface area contributed by atoms with Crippen LogP contribution in [0.4, 0.5) is 0 Å². The maximum atomic E-state index is 12.7. The van der Waals surface area contributed by atoms with Crippen LogP contribution in [0.1, 0.15) is 10.4 Å². The molecule has 0 saturated carbocycles. The molecular weight excluding hydrogens is 312 g/mol. The molecule has 1 aromatic heterocycles. The second-order valence-electron chi connectivity index (χ2n) is 5.84. The van der Waals surface area contributed by atoms with Crippen molar-refractivity contribution in [1.29, 1.82) is 0 Å². The van der Waals surface area contributed by atoms with E-state index >= 15 is 0 Å². The number of para-hydroxylation sites is 1. The van der Waals surface area contributed by atoms with Gasteiger partial charge in [-0.15, -0.1) is 0 Å². The van der Waals surface area contributed by atoms with Crippen LogP contribution in [0.25, 0.3) is 11.0 Å². The van der Waals surface area contributed by atoms with Crippen LogP contribution in [0, 0.1) is 0 Å². The minimum absolute atomic E-state index is 0.0429. The molecule has 0 aliphatic carbocycles. The first-order valence-electron chi connectivity index (χ1n) is 7.98. The number of hydrogen-bond acceptors (Lipinski definition) is 5. The van der Waals surface area contributed by atoms with Crippen LogP contribution >= 0.6 is 0 Å². The van der Waals surface area contributed by atoms with Crippen LogP contribution in [0.15, 0.2) is 33.5 Å². The highest BCUT2D eigenvalue weighted by Gasteiger charge is 2.26. The van der Waals surface area contributed by atoms with Gasteiger partial charge in [-0.25, -0.2) is 4.79 Å². The van der Waals surface area contributed by atoms with Crippen LogP contribution in [0.2, 0.25) is 0 Å². The Balaban J connectivity index is 1.86. The Morgan fingerprint density at radius 2 is 2.12 bits per heavy atom. The van der Waals surface area contributed by atoms with Gasteiger partial charge in [-0.3, -0.25) is 4.79 Å². The monoisotopic (exact) mass is 333 g/mol. The summed E-state index contributed by atoms with van der Waals surface area (Å²) in [6, 6.07) is 6.84. The number of benzene rings is 1. The summed E-state index contributed by atoms with van der Waals surface area (Å²) in [5.74, 6) is 0.154. The van der Waals surface area contributed by atoms with Gasteiger partial charge in [0.05, 0.1) is 39.9 Å². The number of carbonyl (C=O) groups is 1. The van der Waals surface area contributed by atoms with Gasteiger partial charge in [-0.05, 0) is 12.1 Å². The van der Waals surface area contributed by atoms with Crippen LogP contribution in [-0.4, -0.2) is 62.4 Å². The summed E-state index contributed by atoms with van der Waals surface area (Å²) in [5, 5.41) is 9.64. The number of aliphatic hydroxyl groups excluding tert-OH is 1.